The van der Waals surface area contributed by atoms with Gasteiger partial charge in [-0.3, -0.25) is 9.59 Å². The van der Waals surface area contributed by atoms with E-state index in [0.29, 0.717) is 35.0 Å². The molecule has 1 aromatic heterocycles. The Morgan fingerprint density at radius 2 is 1.74 bits per heavy atom. The van der Waals surface area contributed by atoms with Crippen molar-refractivity contribution in [3.05, 3.63) is 83.6 Å². The fraction of sp³-hybridized carbons (Fsp3) is 0.0870. The molecule has 5 rings (SSSR count). The molecular weight excluding hydrogens is 414 g/mol. The van der Waals surface area contributed by atoms with Crippen molar-refractivity contribution in [1.29, 1.82) is 0 Å². The summed E-state index contributed by atoms with van der Waals surface area (Å²) < 4.78 is 15.9. The van der Waals surface area contributed by atoms with Gasteiger partial charge in [-0.25, -0.2) is 0 Å². The van der Waals surface area contributed by atoms with Gasteiger partial charge in [-0.05, 0) is 59.6 Å². The van der Waals surface area contributed by atoms with Crippen molar-refractivity contribution in [2.45, 2.75) is 6.54 Å². The van der Waals surface area contributed by atoms with Gasteiger partial charge in [0.05, 0.1) is 4.70 Å². The minimum atomic E-state index is -0.280. The second kappa shape index (κ2) is 8.08. The fourth-order valence-corrected chi connectivity index (χ4v) is 4.05. The van der Waals surface area contributed by atoms with Crippen LogP contribution in [0.25, 0.3) is 10.1 Å². The van der Waals surface area contributed by atoms with Gasteiger partial charge < -0.3 is 20.1 Å². The van der Waals surface area contributed by atoms with E-state index in [9.17, 15) is 9.59 Å². The second-order valence-electron chi connectivity index (χ2n) is 6.93. The Hall–Kier alpha value is -3.91. The SMILES string of the molecule is O=C(NCc1ccc2c(c1)OCO2)c1ccc(NC(=O)c2nsc3ccccc23)cc1. The number of hydrogen-bond donors (Lipinski definition) is 2. The number of amides is 2. The van der Waals surface area contributed by atoms with Gasteiger partial charge in [0, 0.05) is 23.2 Å². The van der Waals surface area contributed by atoms with Gasteiger partial charge in [0.1, 0.15) is 5.69 Å². The smallest absolute Gasteiger partial charge is 0.276 e. The predicted molar refractivity (Wildman–Crippen MR) is 118 cm³/mol. The standard InChI is InChI=1S/C23H17N3O4S/c27-22(24-12-14-5-10-18-19(11-14)30-13-29-18)15-6-8-16(9-7-15)25-23(28)21-17-3-1-2-4-20(17)31-26-21/h1-11H,12-13H2,(H,24,27)(H,25,28). The van der Waals surface area contributed by atoms with Crippen molar-refractivity contribution in [3.63, 3.8) is 0 Å². The zero-order valence-corrected chi connectivity index (χ0v) is 17.1. The third-order valence-electron chi connectivity index (χ3n) is 4.89. The Kier molecular flexibility index (Phi) is 4.97. The van der Waals surface area contributed by atoms with E-state index in [-0.39, 0.29) is 18.6 Å². The monoisotopic (exact) mass is 431 g/mol. The number of aromatic nitrogens is 1. The van der Waals surface area contributed by atoms with Gasteiger partial charge in [0.25, 0.3) is 11.8 Å². The molecule has 8 heteroatoms. The lowest BCUT2D eigenvalue weighted by Gasteiger charge is -2.08. The maximum Gasteiger partial charge on any atom is 0.276 e. The van der Waals surface area contributed by atoms with E-state index >= 15 is 0 Å². The Bertz CT molecular complexity index is 1280. The van der Waals surface area contributed by atoms with Gasteiger partial charge in [-0.15, -0.1) is 0 Å². The van der Waals surface area contributed by atoms with Crippen LogP contribution in [0.3, 0.4) is 0 Å². The van der Waals surface area contributed by atoms with Crippen LogP contribution in [0.4, 0.5) is 5.69 Å². The highest BCUT2D eigenvalue weighted by atomic mass is 32.1. The van der Waals surface area contributed by atoms with Crippen molar-refractivity contribution in [3.8, 4) is 11.5 Å². The summed E-state index contributed by atoms with van der Waals surface area (Å²) in [4.78, 5) is 25.0. The average molecular weight is 431 g/mol. The molecule has 2 heterocycles. The third-order valence-corrected chi connectivity index (χ3v) is 5.71. The zero-order chi connectivity index (χ0) is 21.2. The van der Waals surface area contributed by atoms with E-state index in [1.807, 2.05) is 42.5 Å². The maximum atomic E-state index is 12.6. The summed E-state index contributed by atoms with van der Waals surface area (Å²) in [6.45, 7) is 0.581. The average Bonchev–Trinajstić information content (AvgIpc) is 3.44. The van der Waals surface area contributed by atoms with Gasteiger partial charge in [0.2, 0.25) is 6.79 Å². The first kappa shape index (κ1) is 19.1. The summed E-state index contributed by atoms with van der Waals surface area (Å²) in [7, 11) is 0. The fourth-order valence-electron chi connectivity index (χ4n) is 3.28. The summed E-state index contributed by atoms with van der Waals surface area (Å²) in [5.41, 5.74) is 2.40. The summed E-state index contributed by atoms with van der Waals surface area (Å²) in [6.07, 6.45) is 0. The molecule has 1 aliphatic heterocycles. The minimum Gasteiger partial charge on any atom is -0.454 e. The van der Waals surface area contributed by atoms with Crippen molar-refractivity contribution in [2.24, 2.45) is 0 Å². The Balaban J connectivity index is 1.21. The summed E-state index contributed by atoms with van der Waals surface area (Å²) in [5.74, 6) is 0.900. The number of benzene rings is 3. The summed E-state index contributed by atoms with van der Waals surface area (Å²) in [5, 5.41) is 6.53. The molecule has 1 aliphatic rings. The number of nitrogens with one attached hydrogen (secondary N) is 2. The molecule has 154 valence electrons. The van der Waals surface area contributed by atoms with Gasteiger partial charge >= 0.3 is 0 Å². The molecule has 0 saturated heterocycles. The molecule has 3 aromatic carbocycles. The van der Waals surface area contributed by atoms with Crippen LogP contribution in [0.5, 0.6) is 11.5 Å². The van der Waals surface area contributed by atoms with Crippen LogP contribution >= 0.6 is 11.5 Å². The molecular formula is C23H17N3O4S. The van der Waals surface area contributed by atoms with Crippen molar-refractivity contribution in [2.75, 3.05) is 12.1 Å². The van der Waals surface area contributed by atoms with Crippen LogP contribution in [-0.4, -0.2) is 23.0 Å². The maximum absolute atomic E-state index is 12.6. The number of anilines is 1. The van der Waals surface area contributed by atoms with Crippen molar-refractivity contribution < 1.29 is 19.1 Å². The third kappa shape index (κ3) is 3.93. The number of carbonyl (C=O) groups excluding carboxylic acids is 2. The van der Waals surface area contributed by atoms with E-state index in [2.05, 4.69) is 15.0 Å². The minimum absolute atomic E-state index is 0.207. The first-order valence-electron chi connectivity index (χ1n) is 9.60. The number of ether oxygens (including phenoxy) is 2. The normalized spacial score (nSPS) is 12.0. The number of rotatable bonds is 5. The molecule has 0 saturated carbocycles. The molecule has 0 radical (unpaired) electrons. The van der Waals surface area contributed by atoms with E-state index in [0.717, 1.165) is 15.6 Å². The molecule has 0 aliphatic carbocycles. The highest BCUT2D eigenvalue weighted by Gasteiger charge is 2.15. The van der Waals surface area contributed by atoms with Crippen LogP contribution in [-0.2, 0) is 6.54 Å². The van der Waals surface area contributed by atoms with E-state index in [1.54, 1.807) is 24.3 Å². The molecule has 0 bridgehead atoms. The van der Waals surface area contributed by atoms with Crippen LogP contribution < -0.4 is 20.1 Å². The molecule has 31 heavy (non-hydrogen) atoms. The quantitative estimate of drug-likeness (QED) is 0.494. The van der Waals surface area contributed by atoms with Crippen LogP contribution in [0.2, 0.25) is 0 Å². The summed E-state index contributed by atoms with van der Waals surface area (Å²) >= 11 is 1.29. The lowest BCUT2D eigenvalue weighted by Crippen LogP contribution is -2.22. The Morgan fingerprint density at radius 1 is 0.935 bits per heavy atom. The highest BCUT2D eigenvalue weighted by molar-refractivity contribution is 7.13. The number of carbonyl (C=O) groups is 2. The van der Waals surface area contributed by atoms with Crippen LogP contribution in [0, 0.1) is 0 Å². The highest BCUT2D eigenvalue weighted by Crippen LogP contribution is 2.32. The largest absolute Gasteiger partial charge is 0.454 e. The van der Waals surface area contributed by atoms with E-state index < -0.39 is 0 Å². The van der Waals surface area contributed by atoms with Crippen LogP contribution in [0.15, 0.2) is 66.7 Å². The Morgan fingerprint density at radius 3 is 2.61 bits per heavy atom. The molecule has 7 nitrogen and oxygen atoms in total. The van der Waals surface area contributed by atoms with Crippen molar-refractivity contribution >= 4 is 39.1 Å². The molecule has 0 unspecified atom stereocenters. The molecule has 0 spiro atoms. The second-order valence-corrected chi connectivity index (χ2v) is 7.73. The molecule has 0 atom stereocenters. The zero-order valence-electron chi connectivity index (χ0n) is 16.3. The molecule has 0 fully saturated rings. The number of fused-ring (bicyclic) bond motifs is 2. The van der Waals surface area contributed by atoms with Gasteiger partial charge in [-0.2, -0.15) is 4.37 Å². The predicted octanol–water partition coefficient (Wildman–Crippen LogP) is 4.21. The first-order valence-corrected chi connectivity index (χ1v) is 10.4. The van der Waals surface area contributed by atoms with E-state index in [4.69, 9.17) is 9.47 Å². The van der Waals surface area contributed by atoms with Crippen molar-refractivity contribution in [1.82, 2.24) is 9.69 Å². The lowest BCUT2D eigenvalue weighted by molar-refractivity contribution is 0.0950. The van der Waals surface area contributed by atoms with Crippen LogP contribution in [0.1, 0.15) is 26.4 Å². The molecule has 2 N–H and O–H groups in total. The van der Waals surface area contributed by atoms with E-state index in [1.165, 1.54) is 11.5 Å². The topological polar surface area (TPSA) is 89.5 Å². The Labute approximate surface area is 181 Å². The molecule has 2 amide bonds. The first-order chi connectivity index (χ1) is 15.2. The molecule has 4 aromatic rings. The number of nitrogens with zero attached hydrogens (tertiary/aromatic N) is 1. The summed E-state index contributed by atoms with van der Waals surface area (Å²) in [6, 6.07) is 19.9. The van der Waals surface area contributed by atoms with Gasteiger partial charge in [-0.1, -0.05) is 24.3 Å². The number of hydrogen-bond acceptors (Lipinski definition) is 6. The van der Waals surface area contributed by atoms with Gasteiger partial charge in [0.15, 0.2) is 11.5 Å². The lowest BCUT2D eigenvalue weighted by atomic mass is 10.1.